The number of benzene rings is 1. The van der Waals surface area contributed by atoms with E-state index in [1.165, 1.54) is 12.4 Å². The SMILES string of the molecule is Cc1ccc(S(=O)(=O)n2ccc3nc(C(C)NF)cnc32)cc1.Cl. The van der Waals surface area contributed by atoms with Crippen LogP contribution < -0.4 is 5.54 Å². The van der Waals surface area contributed by atoms with E-state index >= 15 is 0 Å². The maximum Gasteiger partial charge on any atom is 0.269 e. The smallest absolute Gasteiger partial charge is 0.246 e. The maximum absolute atomic E-state index is 12.7. The Labute approximate surface area is 145 Å². The minimum absolute atomic E-state index is 0. The topological polar surface area (TPSA) is 76.9 Å². The summed E-state index contributed by atoms with van der Waals surface area (Å²) in [5, 5.41) is 0. The fourth-order valence-corrected chi connectivity index (χ4v) is 3.48. The molecule has 2 aromatic heterocycles. The Morgan fingerprint density at radius 2 is 1.88 bits per heavy atom. The van der Waals surface area contributed by atoms with Crippen molar-refractivity contribution in [1.29, 1.82) is 0 Å². The zero-order valence-corrected chi connectivity index (χ0v) is 14.6. The number of halogens is 2. The molecule has 128 valence electrons. The van der Waals surface area contributed by atoms with Gasteiger partial charge < -0.3 is 0 Å². The number of hydrogen-bond donors (Lipinski definition) is 1. The van der Waals surface area contributed by atoms with E-state index in [0.717, 1.165) is 9.54 Å². The molecule has 0 amide bonds. The van der Waals surface area contributed by atoms with Gasteiger partial charge in [0.05, 0.1) is 22.8 Å². The van der Waals surface area contributed by atoms with Crippen molar-refractivity contribution in [2.45, 2.75) is 24.8 Å². The van der Waals surface area contributed by atoms with Crippen LogP contribution in [0, 0.1) is 6.92 Å². The summed E-state index contributed by atoms with van der Waals surface area (Å²) in [6.07, 6.45) is 2.76. The van der Waals surface area contributed by atoms with Crippen molar-refractivity contribution in [3.05, 3.63) is 54.0 Å². The number of hydrogen-bond acceptors (Lipinski definition) is 5. The number of fused-ring (bicyclic) bond motifs is 1. The molecule has 3 aromatic rings. The lowest BCUT2D eigenvalue weighted by atomic mass is 10.2. The average Bonchev–Trinajstić information content (AvgIpc) is 2.98. The van der Waals surface area contributed by atoms with E-state index in [2.05, 4.69) is 9.97 Å². The van der Waals surface area contributed by atoms with Crippen LogP contribution in [-0.4, -0.2) is 22.4 Å². The number of rotatable bonds is 4. The third-order valence-electron chi connectivity index (χ3n) is 3.56. The highest BCUT2D eigenvalue weighted by atomic mass is 35.5. The number of nitrogens with one attached hydrogen (secondary N) is 1. The predicted octanol–water partition coefficient (Wildman–Crippen LogP) is 2.93. The quantitative estimate of drug-likeness (QED) is 0.714. The molecule has 0 aliphatic rings. The Morgan fingerprint density at radius 3 is 2.50 bits per heavy atom. The minimum atomic E-state index is -3.75. The van der Waals surface area contributed by atoms with Crippen molar-refractivity contribution in [3.8, 4) is 0 Å². The van der Waals surface area contributed by atoms with Gasteiger partial charge in [0.1, 0.15) is 5.52 Å². The first-order chi connectivity index (χ1) is 10.9. The van der Waals surface area contributed by atoms with Crippen molar-refractivity contribution in [2.24, 2.45) is 0 Å². The van der Waals surface area contributed by atoms with Gasteiger partial charge in [-0.15, -0.1) is 16.9 Å². The van der Waals surface area contributed by atoms with Gasteiger partial charge in [0.15, 0.2) is 5.65 Å². The van der Waals surface area contributed by atoms with Crippen molar-refractivity contribution in [3.63, 3.8) is 0 Å². The average molecular weight is 371 g/mol. The summed E-state index contributed by atoms with van der Waals surface area (Å²) < 4.78 is 39.0. The molecule has 0 aliphatic carbocycles. The molecule has 0 fully saturated rings. The Bertz CT molecular complexity index is 957. The lowest BCUT2D eigenvalue weighted by Gasteiger charge is -2.09. The van der Waals surface area contributed by atoms with Crippen LogP contribution >= 0.6 is 12.4 Å². The monoisotopic (exact) mass is 370 g/mol. The highest BCUT2D eigenvalue weighted by molar-refractivity contribution is 7.90. The van der Waals surface area contributed by atoms with Crippen molar-refractivity contribution < 1.29 is 12.9 Å². The molecule has 1 N–H and O–H groups in total. The predicted molar refractivity (Wildman–Crippen MR) is 91.2 cm³/mol. The number of aromatic nitrogens is 3. The third-order valence-corrected chi connectivity index (χ3v) is 5.24. The summed E-state index contributed by atoms with van der Waals surface area (Å²) in [6, 6.07) is 7.49. The van der Waals surface area contributed by atoms with Crippen LogP contribution in [0.4, 0.5) is 4.48 Å². The van der Waals surface area contributed by atoms with Crippen LogP contribution in [0.25, 0.3) is 11.2 Å². The van der Waals surface area contributed by atoms with Crippen molar-refractivity contribution >= 4 is 33.6 Å². The molecule has 0 aliphatic heterocycles. The van der Waals surface area contributed by atoms with Crippen LogP contribution in [0.15, 0.2) is 47.6 Å². The second-order valence-electron chi connectivity index (χ2n) is 5.26. The lowest BCUT2D eigenvalue weighted by molar-refractivity contribution is 0.282. The largest absolute Gasteiger partial charge is 0.269 e. The molecular formula is C15H16ClFN4O2S. The summed E-state index contributed by atoms with van der Waals surface area (Å²) in [4.78, 5) is 8.54. The van der Waals surface area contributed by atoms with E-state index in [1.807, 2.05) is 6.92 Å². The molecule has 1 atom stereocenters. The van der Waals surface area contributed by atoms with Crippen molar-refractivity contribution in [2.75, 3.05) is 0 Å². The second kappa shape index (κ2) is 6.84. The highest BCUT2D eigenvalue weighted by Gasteiger charge is 2.20. The van der Waals surface area contributed by atoms with Crippen LogP contribution in [0.3, 0.4) is 0 Å². The van der Waals surface area contributed by atoms with E-state index in [1.54, 1.807) is 42.8 Å². The van der Waals surface area contributed by atoms with Crippen LogP contribution in [-0.2, 0) is 10.0 Å². The Hall–Kier alpha value is -2.03. The van der Waals surface area contributed by atoms with E-state index < -0.39 is 16.1 Å². The molecule has 9 heteroatoms. The summed E-state index contributed by atoms with van der Waals surface area (Å²) in [6.45, 7) is 3.48. The first-order valence-electron chi connectivity index (χ1n) is 6.96. The standard InChI is InChI=1S/C15H15FN4O2S.ClH/c1-10-3-5-12(6-4-10)23(21,22)20-8-7-13-15(20)17-9-14(18-13)11(2)19-16;/h3-9,11,19H,1-2H3;1H. The Kier molecular flexibility index (Phi) is 5.22. The first kappa shape index (κ1) is 18.3. The van der Waals surface area contributed by atoms with E-state index in [9.17, 15) is 12.9 Å². The zero-order chi connectivity index (χ0) is 16.6. The molecule has 0 spiro atoms. The maximum atomic E-state index is 12.7. The van der Waals surface area contributed by atoms with E-state index in [4.69, 9.17) is 0 Å². The molecule has 24 heavy (non-hydrogen) atoms. The highest BCUT2D eigenvalue weighted by Crippen LogP contribution is 2.21. The molecule has 0 radical (unpaired) electrons. The molecule has 1 aromatic carbocycles. The van der Waals surface area contributed by atoms with Gasteiger partial charge in [-0.05, 0) is 32.0 Å². The van der Waals surface area contributed by atoms with Crippen LogP contribution in [0.2, 0.25) is 0 Å². The second-order valence-corrected chi connectivity index (χ2v) is 7.08. The molecule has 1 unspecified atom stereocenters. The molecule has 2 heterocycles. The van der Waals surface area contributed by atoms with Gasteiger partial charge in [-0.1, -0.05) is 17.7 Å². The Balaban J connectivity index is 0.00000208. The van der Waals surface area contributed by atoms with Gasteiger partial charge in [0.25, 0.3) is 10.0 Å². The fraction of sp³-hybridized carbons (Fsp3) is 0.200. The molecule has 6 nitrogen and oxygen atoms in total. The zero-order valence-electron chi connectivity index (χ0n) is 13.0. The summed E-state index contributed by atoms with van der Waals surface area (Å²) in [7, 11) is -3.75. The van der Waals surface area contributed by atoms with E-state index in [0.29, 0.717) is 11.2 Å². The minimum Gasteiger partial charge on any atom is -0.246 e. The normalized spacial score (nSPS) is 12.8. The number of nitrogens with zero attached hydrogens (tertiary/aromatic N) is 3. The Morgan fingerprint density at radius 1 is 1.21 bits per heavy atom. The molecule has 0 saturated heterocycles. The van der Waals surface area contributed by atoms with Gasteiger partial charge in [-0.25, -0.2) is 22.4 Å². The summed E-state index contributed by atoms with van der Waals surface area (Å²) in [5.41, 5.74) is 3.55. The summed E-state index contributed by atoms with van der Waals surface area (Å²) in [5.74, 6) is 0. The summed E-state index contributed by atoms with van der Waals surface area (Å²) >= 11 is 0. The van der Waals surface area contributed by atoms with E-state index in [-0.39, 0.29) is 22.9 Å². The number of aryl methyl sites for hydroxylation is 1. The molecular weight excluding hydrogens is 355 g/mol. The van der Waals surface area contributed by atoms with Crippen LogP contribution in [0.1, 0.15) is 24.2 Å². The third kappa shape index (κ3) is 3.12. The molecule has 3 rings (SSSR count). The van der Waals surface area contributed by atoms with Crippen LogP contribution in [0.5, 0.6) is 0 Å². The van der Waals surface area contributed by atoms with Crippen molar-refractivity contribution in [1.82, 2.24) is 19.5 Å². The van der Waals surface area contributed by atoms with Gasteiger partial charge in [-0.2, -0.15) is 5.54 Å². The van der Waals surface area contributed by atoms with Gasteiger partial charge in [0, 0.05) is 6.20 Å². The van der Waals surface area contributed by atoms with Gasteiger partial charge in [0.2, 0.25) is 0 Å². The molecule has 0 bridgehead atoms. The lowest BCUT2D eigenvalue weighted by Crippen LogP contribution is -2.14. The van der Waals surface area contributed by atoms with Gasteiger partial charge >= 0.3 is 0 Å². The fourth-order valence-electron chi connectivity index (χ4n) is 2.18. The van der Waals surface area contributed by atoms with Gasteiger partial charge in [-0.3, -0.25) is 0 Å². The first-order valence-corrected chi connectivity index (χ1v) is 8.40. The molecule has 0 saturated carbocycles.